The van der Waals surface area contributed by atoms with E-state index in [0.717, 1.165) is 25.4 Å². The van der Waals surface area contributed by atoms with E-state index >= 15 is 0 Å². The Labute approximate surface area is 151 Å². The van der Waals surface area contributed by atoms with Crippen LogP contribution in [0.1, 0.15) is 12.5 Å². The number of amides is 1. The minimum atomic E-state index is -0.440. The molecule has 0 radical (unpaired) electrons. The Hall–Kier alpha value is -2.25. The van der Waals surface area contributed by atoms with Gasteiger partial charge in [0.2, 0.25) is 0 Å². The Morgan fingerprint density at radius 3 is 2.92 bits per heavy atom. The molecule has 0 saturated carbocycles. The highest BCUT2D eigenvalue weighted by Gasteiger charge is 2.14. The van der Waals surface area contributed by atoms with Crippen molar-refractivity contribution in [1.82, 2.24) is 10.4 Å². The van der Waals surface area contributed by atoms with E-state index in [1.807, 2.05) is 48.5 Å². The van der Waals surface area contributed by atoms with Gasteiger partial charge in [-0.05, 0) is 36.8 Å². The maximum absolute atomic E-state index is 12.1. The molecule has 2 N–H and O–H groups in total. The smallest absolute Gasteiger partial charge is 0.262 e. The number of nitrogens with one attached hydrogen (secondary N) is 2. The second-order valence-electron chi connectivity index (χ2n) is 5.14. The van der Waals surface area contributed by atoms with Gasteiger partial charge in [-0.15, -0.1) is 0 Å². The Morgan fingerprint density at radius 2 is 2.12 bits per heavy atom. The molecule has 0 unspecified atom stereocenters. The van der Waals surface area contributed by atoms with Gasteiger partial charge in [0.15, 0.2) is 5.13 Å². The summed E-state index contributed by atoms with van der Waals surface area (Å²) in [5, 5.41) is 7.81. The molecule has 1 amide bonds. The maximum Gasteiger partial charge on any atom is 0.262 e. The molecule has 1 aromatic heterocycles. The van der Waals surface area contributed by atoms with E-state index in [4.69, 9.17) is 0 Å². The fourth-order valence-electron chi connectivity index (χ4n) is 2.04. The molecule has 0 aliphatic heterocycles. The lowest BCUT2D eigenvalue weighted by Gasteiger charge is -2.10. The zero-order valence-corrected chi connectivity index (χ0v) is 15.3. The second-order valence-corrected chi connectivity index (χ2v) is 7.09. The third-order valence-electron chi connectivity index (χ3n) is 3.26. The third-order valence-corrected chi connectivity index (χ3v) is 4.73. The van der Waals surface area contributed by atoms with Crippen LogP contribution in [-0.2, 0) is 4.79 Å². The molecule has 3 aromatic rings. The summed E-state index contributed by atoms with van der Waals surface area (Å²) in [5.41, 5.74) is 4.35. The number of thiazole rings is 1. The molecule has 24 heavy (non-hydrogen) atoms. The van der Waals surface area contributed by atoms with Crippen molar-refractivity contribution in [2.24, 2.45) is 5.10 Å². The van der Waals surface area contributed by atoms with Crippen molar-refractivity contribution in [2.75, 3.05) is 5.32 Å². The maximum atomic E-state index is 12.1. The van der Waals surface area contributed by atoms with Crippen LogP contribution in [0.25, 0.3) is 10.2 Å². The standard InChI is InChI=1S/C17H15BrN4OS/c1-11(20-17-21-14-7-2-3-8-15(14)24-17)16(23)22-19-10-12-5-4-6-13(18)9-12/h2-11H,1H3,(H,20,21)(H,22,23)/b19-10-/t11-/m0/s1. The van der Waals surface area contributed by atoms with E-state index in [1.54, 1.807) is 13.1 Å². The molecular weight excluding hydrogens is 388 g/mol. The van der Waals surface area contributed by atoms with Gasteiger partial charge >= 0.3 is 0 Å². The van der Waals surface area contributed by atoms with E-state index in [-0.39, 0.29) is 5.91 Å². The van der Waals surface area contributed by atoms with Gasteiger partial charge in [0, 0.05) is 4.47 Å². The number of hydrazone groups is 1. The highest BCUT2D eigenvalue weighted by molar-refractivity contribution is 9.10. The molecule has 1 heterocycles. The number of fused-ring (bicyclic) bond motifs is 1. The number of anilines is 1. The number of carbonyl (C=O) groups is 1. The Bertz CT molecular complexity index is 860. The third kappa shape index (κ3) is 4.18. The van der Waals surface area contributed by atoms with Gasteiger partial charge in [-0.3, -0.25) is 4.79 Å². The van der Waals surface area contributed by atoms with Gasteiger partial charge in [0.25, 0.3) is 5.91 Å². The SMILES string of the molecule is C[C@H](Nc1nc2ccccc2s1)C(=O)N/N=C\c1cccc(Br)c1. The first-order valence-electron chi connectivity index (χ1n) is 7.32. The Balaban J connectivity index is 1.58. The minimum Gasteiger partial charge on any atom is -0.350 e. The van der Waals surface area contributed by atoms with Crippen molar-refractivity contribution in [3.8, 4) is 0 Å². The predicted molar refractivity (Wildman–Crippen MR) is 103 cm³/mol. The van der Waals surface area contributed by atoms with Crippen LogP contribution in [0.5, 0.6) is 0 Å². The number of carbonyl (C=O) groups excluding carboxylic acids is 1. The summed E-state index contributed by atoms with van der Waals surface area (Å²) < 4.78 is 2.05. The summed E-state index contributed by atoms with van der Waals surface area (Å²) in [5.74, 6) is -0.222. The number of benzene rings is 2. The molecule has 5 nitrogen and oxygen atoms in total. The first kappa shape index (κ1) is 16.6. The summed E-state index contributed by atoms with van der Waals surface area (Å²) in [6.07, 6.45) is 1.60. The lowest BCUT2D eigenvalue weighted by Crippen LogP contribution is -2.34. The Morgan fingerprint density at radius 1 is 1.29 bits per heavy atom. The van der Waals surface area contributed by atoms with Gasteiger partial charge in [-0.1, -0.05) is 51.5 Å². The molecule has 3 rings (SSSR count). The zero-order valence-electron chi connectivity index (χ0n) is 12.9. The molecule has 0 bridgehead atoms. The van der Waals surface area contributed by atoms with Crippen molar-refractivity contribution in [2.45, 2.75) is 13.0 Å². The van der Waals surface area contributed by atoms with Gasteiger partial charge in [-0.25, -0.2) is 10.4 Å². The summed E-state index contributed by atoms with van der Waals surface area (Å²) in [7, 11) is 0. The van der Waals surface area contributed by atoms with Crippen LogP contribution in [0, 0.1) is 0 Å². The average Bonchev–Trinajstić information content (AvgIpc) is 2.97. The highest BCUT2D eigenvalue weighted by Crippen LogP contribution is 2.25. The molecular formula is C17H15BrN4OS. The number of hydrogen-bond donors (Lipinski definition) is 2. The molecule has 122 valence electrons. The van der Waals surface area contributed by atoms with E-state index < -0.39 is 6.04 Å². The predicted octanol–water partition coefficient (Wildman–Crippen LogP) is 4.01. The first-order chi connectivity index (χ1) is 11.6. The number of rotatable bonds is 5. The molecule has 1 atom stereocenters. The number of hydrogen-bond acceptors (Lipinski definition) is 5. The molecule has 0 saturated heterocycles. The largest absolute Gasteiger partial charge is 0.350 e. The van der Waals surface area contributed by atoms with Crippen LogP contribution in [0.3, 0.4) is 0 Å². The van der Waals surface area contributed by atoms with Crippen molar-refractivity contribution in [1.29, 1.82) is 0 Å². The number of aromatic nitrogens is 1. The van der Waals surface area contributed by atoms with Crippen molar-refractivity contribution < 1.29 is 4.79 Å². The molecule has 0 aliphatic carbocycles. The van der Waals surface area contributed by atoms with E-state index in [9.17, 15) is 4.79 Å². The molecule has 0 spiro atoms. The van der Waals surface area contributed by atoms with E-state index in [1.165, 1.54) is 11.3 Å². The summed E-state index contributed by atoms with van der Waals surface area (Å²) >= 11 is 4.91. The van der Waals surface area contributed by atoms with Crippen LogP contribution in [-0.4, -0.2) is 23.1 Å². The van der Waals surface area contributed by atoms with Crippen molar-refractivity contribution in [3.63, 3.8) is 0 Å². The number of halogens is 1. The van der Waals surface area contributed by atoms with Crippen LogP contribution < -0.4 is 10.7 Å². The fraction of sp³-hybridized carbons (Fsp3) is 0.118. The molecule has 2 aromatic carbocycles. The highest BCUT2D eigenvalue weighted by atomic mass is 79.9. The van der Waals surface area contributed by atoms with Crippen LogP contribution in [0.2, 0.25) is 0 Å². The van der Waals surface area contributed by atoms with Crippen molar-refractivity contribution in [3.05, 3.63) is 58.6 Å². The van der Waals surface area contributed by atoms with Crippen LogP contribution in [0.4, 0.5) is 5.13 Å². The topological polar surface area (TPSA) is 66.4 Å². The quantitative estimate of drug-likeness (QED) is 0.500. The minimum absolute atomic E-state index is 0.222. The number of nitrogens with zero attached hydrogens (tertiary/aromatic N) is 2. The van der Waals surface area contributed by atoms with E-state index in [0.29, 0.717) is 0 Å². The molecule has 0 fully saturated rings. The average molecular weight is 403 g/mol. The lowest BCUT2D eigenvalue weighted by molar-refractivity contribution is -0.121. The van der Waals surface area contributed by atoms with Gasteiger partial charge < -0.3 is 5.32 Å². The lowest BCUT2D eigenvalue weighted by atomic mass is 10.2. The fourth-order valence-corrected chi connectivity index (χ4v) is 3.41. The first-order valence-corrected chi connectivity index (χ1v) is 8.93. The molecule has 0 aliphatic rings. The normalized spacial score (nSPS) is 12.4. The van der Waals surface area contributed by atoms with Crippen molar-refractivity contribution >= 4 is 54.7 Å². The van der Waals surface area contributed by atoms with Gasteiger partial charge in [0.05, 0.1) is 16.4 Å². The summed E-state index contributed by atoms with van der Waals surface area (Å²) in [6, 6.07) is 15.1. The zero-order chi connectivity index (χ0) is 16.9. The van der Waals surface area contributed by atoms with E-state index in [2.05, 4.69) is 36.8 Å². The summed E-state index contributed by atoms with van der Waals surface area (Å²) in [4.78, 5) is 16.6. The molecule has 7 heteroatoms. The van der Waals surface area contributed by atoms with Crippen LogP contribution >= 0.6 is 27.3 Å². The number of para-hydroxylation sites is 1. The van der Waals surface area contributed by atoms with Gasteiger partial charge in [0.1, 0.15) is 6.04 Å². The monoisotopic (exact) mass is 402 g/mol. The van der Waals surface area contributed by atoms with Gasteiger partial charge in [-0.2, -0.15) is 5.10 Å². The second kappa shape index (κ2) is 7.55. The van der Waals surface area contributed by atoms with Crippen LogP contribution in [0.15, 0.2) is 58.1 Å². The summed E-state index contributed by atoms with van der Waals surface area (Å²) in [6.45, 7) is 1.77. The Kier molecular flexibility index (Phi) is 5.22.